The largest absolute Gasteiger partial charge is 0.368 e. The minimum atomic E-state index is -0.355. The Morgan fingerprint density at radius 2 is 1.68 bits per heavy atom. The monoisotopic (exact) mass is 447 g/mol. The Kier molecular flexibility index (Phi) is 8.87. The highest BCUT2D eigenvalue weighted by atomic mass is 35.5. The van der Waals surface area contributed by atoms with Gasteiger partial charge in [-0.05, 0) is 43.9 Å². The number of benzene rings is 1. The fourth-order valence-electron chi connectivity index (χ4n) is 3.96. The number of piperazine rings is 1. The topological polar surface area (TPSA) is 43.9 Å². The lowest BCUT2D eigenvalue weighted by molar-refractivity contribution is -0.144. The molecule has 8 heteroatoms. The molecule has 3 rings (SSSR count). The maximum absolute atomic E-state index is 11.7. The van der Waals surface area contributed by atoms with Crippen LogP contribution in [0.3, 0.4) is 0 Å². The molecule has 2 heterocycles. The summed E-state index contributed by atoms with van der Waals surface area (Å²) in [6.45, 7) is 7.80. The van der Waals surface area contributed by atoms with Crippen molar-refractivity contribution in [2.45, 2.75) is 26.2 Å². The number of hydrogen-bond acceptors (Lipinski definition) is 4. The van der Waals surface area contributed by atoms with E-state index < -0.39 is 0 Å². The number of Topliss-reactive ketones (excluding diaryl/α,β-unsaturated/α-hetero) is 1. The van der Waals surface area contributed by atoms with Crippen molar-refractivity contribution in [3.05, 3.63) is 28.2 Å². The number of carbonyl (C=O) groups is 2. The molecule has 1 aromatic carbocycles. The van der Waals surface area contributed by atoms with E-state index in [9.17, 15) is 9.59 Å². The van der Waals surface area contributed by atoms with Crippen LogP contribution >= 0.6 is 35.6 Å². The standard InChI is InChI=1S/C20H27Cl2N3O2.ClH/c1-15(26)20(27)25-9-6-16(7-10-25)5-8-23-11-13-24(14-12-23)18-4-2-3-17(21)19(18)22;/h2-4,16H,5-14H2,1H3;1H. The van der Waals surface area contributed by atoms with Crippen LogP contribution in [0.25, 0.3) is 0 Å². The number of likely N-dealkylation sites (tertiary alicyclic amines) is 1. The molecule has 0 aromatic heterocycles. The van der Waals surface area contributed by atoms with Crippen molar-refractivity contribution in [3.63, 3.8) is 0 Å². The van der Waals surface area contributed by atoms with Crippen LogP contribution in [-0.2, 0) is 9.59 Å². The summed E-state index contributed by atoms with van der Waals surface area (Å²) < 4.78 is 0. The molecule has 1 amide bonds. The number of carbonyl (C=O) groups excluding carboxylic acids is 2. The smallest absolute Gasteiger partial charge is 0.289 e. The number of rotatable bonds is 5. The first-order valence-corrected chi connectivity index (χ1v) is 10.4. The van der Waals surface area contributed by atoms with Crippen molar-refractivity contribution in [1.82, 2.24) is 9.80 Å². The zero-order valence-corrected chi connectivity index (χ0v) is 18.5. The van der Waals surface area contributed by atoms with Crippen LogP contribution in [0.15, 0.2) is 18.2 Å². The maximum Gasteiger partial charge on any atom is 0.289 e. The summed E-state index contributed by atoms with van der Waals surface area (Å²) in [6, 6.07) is 5.79. The second kappa shape index (κ2) is 10.7. The van der Waals surface area contributed by atoms with Gasteiger partial charge in [0, 0.05) is 46.2 Å². The predicted molar refractivity (Wildman–Crippen MR) is 117 cm³/mol. The first-order valence-electron chi connectivity index (χ1n) is 9.67. The number of piperidine rings is 1. The summed E-state index contributed by atoms with van der Waals surface area (Å²) in [6.07, 6.45) is 3.15. The average Bonchev–Trinajstić information content (AvgIpc) is 2.69. The molecule has 156 valence electrons. The van der Waals surface area contributed by atoms with Crippen LogP contribution in [0.2, 0.25) is 10.0 Å². The van der Waals surface area contributed by atoms with E-state index in [0.29, 0.717) is 29.1 Å². The first-order chi connectivity index (χ1) is 13.0. The summed E-state index contributed by atoms with van der Waals surface area (Å²) in [5.41, 5.74) is 1.02. The molecule has 0 unspecified atom stereocenters. The Balaban J connectivity index is 0.00000280. The minimum Gasteiger partial charge on any atom is -0.368 e. The second-order valence-electron chi connectivity index (χ2n) is 7.48. The normalized spacial score (nSPS) is 18.7. The summed E-state index contributed by atoms with van der Waals surface area (Å²) in [7, 11) is 0. The van der Waals surface area contributed by atoms with Gasteiger partial charge in [-0.1, -0.05) is 29.3 Å². The minimum absolute atomic E-state index is 0. The van der Waals surface area contributed by atoms with Gasteiger partial charge in [0.15, 0.2) is 0 Å². The van der Waals surface area contributed by atoms with Crippen molar-refractivity contribution >= 4 is 53.0 Å². The second-order valence-corrected chi connectivity index (χ2v) is 8.27. The fourth-order valence-corrected chi connectivity index (χ4v) is 4.38. The molecular weight excluding hydrogens is 421 g/mol. The van der Waals surface area contributed by atoms with E-state index in [1.807, 2.05) is 18.2 Å². The van der Waals surface area contributed by atoms with Crippen LogP contribution in [-0.4, -0.2) is 67.3 Å². The Morgan fingerprint density at radius 3 is 2.29 bits per heavy atom. The van der Waals surface area contributed by atoms with Gasteiger partial charge >= 0.3 is 0 Å². The van der Waals surface area contributed by atoms with Gasteiger partial charge < -0.3 is 9.80 Å². The molecule has 0 atom stereocenters. The molecule has 2 aliphatic heterocycles. The van der Waals surface area contributed by atoms with E-state index in [1.54, 1.807) is 4.90 Å². The quantitative estimate of drug-likeness (QED) is 0.643. The van der Waals surface area contributed by atoms with E-state index in [-0.39, 0.29) is 24.1 Å². The molecule has 0 aliphatic carbocycles. The molecule has 5 nitrogen and oxygen atoms in total. The van der Waals surface area contributed by atoms with Gasteiger partial charge in [-0.2, -0.15) is 0 Å². The third-order valence-electron chi connectivity index (χ3n) is 5.70. The molecule has 2 aliphatic rings. The van der Waals surface area contributed by atoms with Crippen LogP contribution in [0.1, 0.15) is 26.2 Å². The number of anilines is 1. The Labute approximate surface area is 183 Å². The van der Waals surface area contributed by atoms with E-state index in [2.05, 4.69) is 9.80 Å². The third kappa shape index (κ3) is 5.76. The molecular formula is C20H28Cl3N3O2. The highest BCUT2D eigenvalue weighted by Crippen LogP contribution is 2.33. The molecule has 0 spiro atoms. The molecule has 0 N–H and O–H groups in total. The van der Waals surface area contributed by atoms with E-state index in [0.717, 1.165) is 57.7 Å². The van der Waals surface area contributed by atoms with Crippen LogP contribution in [0.4, 0.5) is 5.69 Å². The first kappa shape index (κ1) is 23.3. The van der Waals surface area contributed by atoms with Gasteiger partial charge in [0.25, 0.3) is 5.91 Å². The number of hydrogen-bond donors (Lipinski definition) is 0. The summed E-state index contributed by atoms with van der Waals surface area (Å²) in [5.74, 6) is -0.0446. The zero-order chi connectivity index (χ0) is 19.4. The molecule has 0 saturated carbocycles. The fraction of sp³-hybridized carbons (Fsp3) is 0.600. The number of nitrogens with zero attached hydrogens (tertiary/aromatic N) is 3. The summed E-state index contributed by atoms with van der Waals surface area (Å²) in [4.78, 5) is 29.5. The van der Waals surface area contributed by atoms with Crippen LogP contribution < -0.4 is 4.90 Å². The predicted octanol–water partition coefficient (Wildman–Crippen LogP) is 3.75. The van der Waals surface area contributed by atoms with Crippen LogP contribution in [0.5, 0.6) is 0 Å². The van der Waals surface area contributed by atoms with Crippen molar-refractivity contribution in [2.24, 2.45) is 5.92 Å². The lowest BCUT2D eigenvalue weighted by Gasteiger charge is -2.38. The van der Waals surface area contributed by atoms with Crippen molar-refractivity contribution in [3.8, 4) is 0 Å². The van der Waals surface area contributed by atoms with Gasteiger partial charge in [-0.25, -0.2) is 0 Å². The SMILES string of the molecule is CC(=O)C(=O)N1CCC(CCN2CCN(c3cccc(Cl)c3Cl)CC2)CC1.Cl. The third-order valence-corrected chi connectivity index (χ3v) is 6.51. The highest BCUT2D eigenvalue weighted by Gasteiger charge is 2.26. The highest BCUT2D eigenvalue weighted by molar-refractivity contribution is 6.43. The Hall–Kier alpha value is -1.01. The molecule has 1 aromatic rings. The summed E-state index contributed by atoms with van der Waals surface area (Å²) >= 11 is 12.5. The maximum atomic E-state index is 11.7. The van der Waals surface area contributed by atoms with E-state index >= 15 is 0 Å². The molecule has 0 radical (unpaired) electrons. The van der Waals surface area contributed by atoms with Crippen molar-refractivity contribution in [1.29, 1.82) is 0 Å². The van der Waals surface area contributed by atoms with Gasteiger partial charge in [0.1, 0.15) is 0 Å². The summed E-state index contributed by atoms with van der Waals surface area (Å²) in [5, 5.41) is 1.24. The van der Waals surface area contributed by atoms with E-state index in [1.165, 1.54) is 6.92 Å². The van der Waals surface area contributed by atoms with Gasteiger partial charge in [-0.15, -0.1) is 12.4 Å². The van der Waals surface area contributed by atoms with Crippen molar-refractivity contribution < 1.29 is 9.59 Å². The van der Waals surface area contributed by atoms with E-state index in [4.69, 9.17) is 23.2 Å². The molecule has 28 heavy (non-hydrogen) atoms. The lowest BCUT2D eigenvalue weighted by atomic mass is 9.93. The van der Waals surface area contributed by atoms with Crippen LogP contribution in [0, 0.1) is 5.92 Å². The zero-order valence-electron chi connectivity index (χ0n) is 16.2. The lowest BCUT2D eigenvalue weighted by Crippen LogP contribution is -2.47. The average molecular weight is 449 g/mol. The number of halogens is 3. The molecule has 2 fully saturated rings. The molecule has 0 bridgehead atoms. The Morgan fingerprint density at radius 1 is 1.04 bits per heavy atom. The number of ketones is 1. The van der Waals surface area contributed by atoms with Crippen molar-refractivity contribution in [2.75, 3.05) is 50.7 Å². The number of amides is 1. The van der Waals surface area contributed by atoms with Gasteiger partial charge in [-0.3, -0.25) is 14.5 Å². The molecule has 2 saturated heterocycles. The van der Waals surface area contributed by atoms with Gasteiger partial charge in [0.2, 0.25) is 5.78 Å². The van der Waals surface area contributed by atoms with Gasteiger partial charge in [0.05, 0.1) is 15.7 Å². The Bertz CT molecular complexity index is 685.